The van der Waals surface area contributed by atoms with Crippen molar-refractivity contribution in [2.75, 3.05) is 27.7 Å². The zero-order valence-corrected chi connectivity index (χ0v) is 21.9. The smallest absolute Gasteiger partial charge is 0.298 e. The second-order valence-electron chi connectivity index (χ2n) is 12.3. The normalized spacial score (nSPS) is 33.1. The van der Waals surface area contributed by atoms with Gasteiger partial charge in [-0.15, -0.1) is 0 Å². The van der Waals surface area contributed by atoms with Crippen LogP contribution in [0.25, 0.3) is 0 Å². The first-order valence-electron chi connectivity index (χ1n) is 13.1. The van der Waals surface area contributed by atoms with Crippen molar-refractivity contribution in [2.24, 2.45) is 5.41 Å². The third-order valence-electron chi connectivity index (χ3n) is 10.2. The molecular weight excluding hydrogens is 432 g/mol. The number of likely N-dealkylation sites (tertiary alicyclic amines) is 1. The van der Waals surface area contributed by atoms with Gasteiger partial charge in [-0.2, -0.15) is 0 Å². The molecular formula is C31H37N2O2+. The van der Waals surface area contributed by atoms with Crippen molar-refractivity contribution in [3.05, 3.63) is 64.2 Å². The molecule has 4 heteroatoms. The molecule has 1 saturated heterocycles. The fraction of sp³-hybridized carbons (Fsp3) is 0.516. The number of nitrogens with zero attached hydrogens (tertiary/aromatic N) is 2. The monoisotopic (exact) mass is 469 g/mol. The minimum atomic E-state index is -0.118. The summed E-state index contributed by atoms with van der Waals surface area (Å²) in [7, 11) is 6.76. The summed E-state index contributed by atoms with van der Waals surface area (Å²) in [5.41, 5.74) is 6.30. The van der Waals surface area contributed by atoms with E-state index in [1.165, 1.54) is 16.7 Å². The molecule has 0 aromatic heterocycles. The Morgan fingerprint density at radius 2 is 1.97 bits per heavy atom. The molecule has 2 aliphatic carbocycles. The first-order chi connectivity index (χ1) is 16.6. The molecule has 6 rings (SSSR count). The highest BCUT2D eigenvalue weighted by Gasteiger charge is 2.74. The van der Waals surface area contributed by atoms with Crippen LogP contribution >= 0.6 is 0 Å². The summed E-state index contributed by atoms with van der Waals surface area (Å²) >= 11 is 0. The Morgan fingerprint density at radius 1 is 1.17 bits per heavy atom. The molecule has 2 bridgehead atoms. The summed E-state index contributed by atoms with van der Waals surface area (Å²) in [4.78, 5) is 15.2. The Labute approximate surface area is 209 Å². The quantitative estimate of drug-likeness (QED) is 0.458. The average molecular weight is 470 g/mol. The van der Waals surface area contributed by atoms with Crippen LogP contribution in [0.5, 0.6) is 5.75 Å². The lowest BCUT2D eigenvalue weighted by Gasteiger charge is -2.66. The first-order valence-corrected chi connectivity index (χ1v) is 13.1. The lowest BCUT2D eigenvalue weighted by molar-refractivity contribution is -0.932. The van der Waals surface area contributed by atoms with E-state index in [4.69, 9.17) is 4.74 Å². The second-order valence-corrected chi connectivity index (χ2v) is 12.3. The van der Waals surface area contributed by atoms with Gasteiger partial charge in [0, 0.05) is 42.4 Å². The average Bonchev–Trinajstić information content (AvgIpc) is 3.17. The summed E-state index contributed by atoms with van der Waals surface area (Å²) < 4.78 is 8.02. The van der Waals surface area contributed by atoms with Crippen molar-refractivity contribution in [1.29, 1.82) is 0 Å². The molecule has 0 N–H and O–H groups in total. The van der Waals surface area contributed by atoms with E-state index >= 15 is 0 Å². The van der Waals surface area contributed by atoms with Crippen molar-refractivity contribution in [2.45, 2.75) is 70.1 Å². The number of quaternary nitrogens is 1. The SMILES string of the molecule is Cc1cccc(C#CC(=O)N(C)[C@@H]2CC[C@@]3(C)[C@@H]4Cc5ccc(C)c6c5[C@@]3(CC[N+]4(C)C)[C@H]2O6)c1. The molecule has 4 aliphatic rings. The third kappa shape index (κ3) is 2.94. The zero-order chi connectivity index (χ0) is 24.8. The largest absolute Gasteiger partial charge is 0.487 e. The minimum Gasteiger partial charge on any atom is -0.487 e. The summed E-state index contributed by atoms with van der Waals surface area (Å²) in [6, 6.07) is 13.2. The highest BCUT2D eigenvalue weighted by molar-refractivity contribution is 5.94. The maximum Gasteiger partial charge on any atom is 0.298 e. The number of ether oxygens (including phenoxy) is 1. The molecule has 0 radical (unpaired) electrons. The number of carbonyl (C=O) groups is 1. The topological polar surface area (TPSA) is 29.5 Å². The van der Waals surface area contributed by atoms with Crippen molar-refractivity contribution in [3.8, 4) is 17.6 Å². The molecule has 2 heterocycles. The number of hydrogen-bond acceptors (Lipinski definition) is 2. The van der Waals surface area contributed by atoms with Gasteiger partial charge >= 0.3 is 0 Å². The fourth-order valence-corrected chi connectivity index (χ4v) is 8.32. The lowest BCUT2D eigenvalue weighted by atomic mass is 9.43. The van der Waals surface area contributed by atoms with Crippen LogP contribution in [0.4, 0.5) is 0 Å². The Kier molecular flexibility index (Phi) is 4.78. The van der Waals surface area contributed by atoms with E-state index < -0.39 is 0 Å². The standard InChI is InChI=1S/C31H37N2O2/c1-20-8-7-9-22(18-20)11-13-26(34)32(4)24-14-15-30(3)25-19-23-12-10-21(2)28-27(23)31(30,29(24)35-28)16-17-33(25,5)6/h7-10,12,18,24-25,29H,14-17,19H2,1-6H3/q+1/t24-,25+,29+,30+,31+/m1/s1. The molecule has 2 aromatic rings. The maximum absolute atomic E-state index is 13.3. The van der Waals surface area contributed by atoms with E-state index in [2.05, 4.69) is 51.9 Å². The van der Waals surface area contributed by atoms with Gasteiger partial charge in [-0.25, -0.2) is 0 Å². The van der Waals surface area contributed by atoms with E-state index in [1.54, 1.807) is 0 Å². The van der Waals surface area contributed by atoms with Crippen LogP contribution < -0.4 is 4.74 Å². The molecule has 5 atom stereocenters. The molecule has 182 valence electrons. The number of benzene rings is 2. The van der Waals surface area contributed by atoms with Gasteiger partial charge in [-0.3, -0.25) is 4.79 Å². The van der Waals surface area contributed by atoms with E-state index in [1.807, 2.05) is 43.1 Å². The van der Waals surface area contributed by atoms with E-state index in [-0.39, 0.29) is 28.9 Å². The highest BCUT2D eigenvalue weighted by Crippen LogP contribution is 2.69. The van der Waals surface area contributed by atoms with E-state index in [0.717, 1.165) is 53.6 Å². The van der Waals surface area contributed by atoms with Crippen molar-refractivity contribution >= 4 is 5.91 Å². The first kappa shape index (κ1) is 22.7. The van der Waals surface area contributed by atoms with Crippen LogP contribution in [0.2, 0.25) is 0 Å². The summed E-state index contributed by atoms with van der Waals surface area (Å²) in [6.45, 7) is 7.89. The summed E-state index contributed by atoms with van der Waals surface area (Å²) in [5.74, 6) is 7.00. The maximum atomic E-state index is 13.3. The number of rotatable bonds is 1. The van der Waals surface area contributed by atoms with E-state index in [0.29, 0.717) is 6.04 Å². The number of aryl methyl sites for hydroxylation is 2. The van der Waals surface area contributed by atoms with E-state index in [9.17, 15) is 4.79 Å². The number of hydrogen-bond donors (Lipinski definition) is 0. The summed E-state index contributed by atoms with van der Waals surface area (Å²) in [5, 5.41) is 0. The van der Waals surface area contributed by atoms with Gasteiger partial charge in [0.2, 0.25) is 0 Å². The molecule has 35 heavy (non-hydrogen) atoms. The predicted octanol–water partition coefficient (Wildman–Crippen LogP) is 4.39. The van der Waals surface area contributed by atoms with Gasteiger partial charge in [0.05, 0.1) is 38.1 Å². The Morgan fingerprint density at radius 3 is 2.74 bits per heavy atom. The van der Waals surface area contributed by atoms with Gasteiger partial charge in [-0.1, -0.05) is 37.1 Å². The van der Waals surface area contributed by atoms with Gasteiger partial charge in [-0.05, 0) is 55.5 Å². The molecule has 2 fully saturated rings. The molecule has 2 aromatic carbocycles. The van der Waals surface area contributed by atoms with Crippen LogP contribution in [-0.4, -0.2) is 61.2 Å². The Hall–Kier alpha value is -2.77. The number of carbonyl (C=O) groups excluding carboxylic acids is 1. The van der Waals surface area contributed by atoms with Crippen molar-refractivity contribution in [3.63, 3.8) is 0 Å². The van der Waals surface area contributed by atoms with Crippen molar-refractivity contribution < 1.29 is 14.0 Å². The van der Waals surface area contributed by atoms with Gasteiger partial charge in [0.15, 0.2) is 0 Å². The van der Waals surface area contributed by atoms with Crippen LogP contribution in [0, 0.1) is 31.1 Å². The Bertz CT molecular complexity index is 1300. The molecule has 2 aliphatic heterocycles. The molecule has 1 amide bonds. The van der Waals surface area contributed by atoms with Crippen LogP contribution in [0.1, 0.15) is 54.0 Å². The molecule has 4 nitrogen and oxygen atoms in total. The number of piperidine rings is 1. The van der Waals surface area contributed by atoms with Crippen molar-refractivity contribution in [1.82, 2.24) is 4.90 Å². The van der Waals surface area contributed by atoms with Gasteiger partial charge in [0.1, 0.15) is 11.9 Å². The van der Waals surface area contributed by atoms with Gasteiger partial charge < -0.3 is 14.1 Å². The zero-order valence-electron chi connectivity index (χ0n) is 21.9. The molecule has 0 unspecified atom stereocenters. The third-order valence-corrected chi connectivity index (χ3v) is 10.2. The minimum absolute atomic E-state index is 0.0195. The second kappa shape index (κ2) is 7.37. The number of amides is 1. The van der Waals surface area contributed by atoms with Crippen LogP contribution in [-0.2, 0) is 16.6 Å². The fourth-order valence-electron chi connectivity index (χ4n) is 8.32. The number of likely N-dealkylation sites (N-methyl/N-ethyl adjacent to an activating group) is 2. The molecule has 1 spiro atoms. The highest BCUT2D eigenvalue weighted by atomic mass is 16.5. The van der Waals surface area contributed by atoms with Crippen LogP contribution in [0.3, 0.4) is 0 Å². The lowest BCUT2D eigenvalue weighted by Crippen LogP contribution is -2.76. The predicted molar refractivity (Wildman–Crippen MR) is 138 cm³/mol. The molecule has 1 saturated carbocycles. The van der Waals surface area contributed by atoms with Crippen LogP contribution in [0.15, 0.2) is 36.4 Å². The summed E-state index contributed by atoms with van der Waals surface area (Å²) in [6.07, 6.45) is 4.27. The van der Waals surface area contributed by atoms with Gasteiger partial charge in [0.25, 0.3) is 5.91 Å². The Balaban J connectivity index is 1.41.